The van der Waals surface area contributed by atoms with E-state index in [2.05, 4.69) is 22.1 Å². The van der Waals surface area contributed by atoms with Crippen LogP contribution in [0.2, 0.25) is 5.02 Å². The van der Waals surface area contributed by atoms with Gasteiger partial charge in [0.15, 0.2) is 5.69 Å². The molecule has 1 aromatic carbocycles. The van der Waals surface area contributed by atoms with Gasteiger partial charge < -0.3 is 9.80 Å². The van der Waals surface area contributed by atoms with Crippen molar-refractivity contribution in [1.29, 1.82) is 0 Å². The van der Waals surface area contributed by atoms with Crippen molar-refractivity contribution in [2.24, 2.45) is 0 Å². The summed E-state index contributed by atoms with van der Waals surface area (Å²) < 4.78 is 1.65. The minimum atomic E-state index is -0.101. The second kappa shape index (κ2) is 6.17. The zero-order chi connectivity index (χ0) is 16.5. The fourth-order valence-electron chi connectivity index (χ4n) is 3.06. The largest absolute Gasteiger partial charge is 0.368 e. The molecule has 0 N–H and O–H groups in total. The van der Waals surface area contributed by atoms with Crippen LogP contribution in [0.1, 0.15) is 10.5 Å². The fraction of sp³-hybridized carbons (Fsp3) is 0.222. The summed E-state index contributed by atoms with van der Waals surface area (Å²) in [6.45, 7) is 2.94. The number of hydrogen-bond acceptors (Lipinski definition) is 3. The summed E-state index contributed by atoms with van der Waals surface area (Å²) in [4.78, 5) is 16.9. The molecule has 1 aliphatic rings. The smallest absolute Gasteiger partial charge is 0.276 e. The van der Waals surface area contributed by atoms with Crippen LogP contribution in [0.25, 0.3) is 5.52 Å². The molecular weight excluding hydrogens is 324 g/mol. The highest BCUT2D eigenvalue weighted by molar-refractivity contribution is 6.36. The molecule has 1 saturated heterocycles. The van der Waals surface area contributed by atoms with Crippen LogP contribution in [0.15, 0.2) is 54.7 Å². The molecule has 0 atom stereocenters. The van der Waals surface area contributed by atoms with E-state index in [0.29, 0.717) is 23.8 Å². The number of hydrogen-bond donors (Lipinski definition) is 0. The molecule has 6 heteroatoms. The van der Waals surface area contributed by atoms with E-state index in [1.807, 2.05) is 41.3 Å². The maximum Gasteiger partial charge on any atom is 0.276 e. The predicted molar refractivity (Wildman–Crippen MR) is 94.8 cm³/mol. The van der Waals surface area contributed by atoms with E-state index >= 15 is 0 Å². The number of halogens is 1. The maximum absolute atomic E-state index is 12.8. The zero-order valence-electron chi connectivity index (χ0n) is 13.1. The Morgan fingerprint density at radius 2 is 1.67 bits per heavy atom. The Kier molecular flexibility index (Phi) is 3.86. The topological polar surface area (TPSA) is 40.9 Å². The van der Waals surface area contributed by atoms with Crippen LogP contribution in [0, 0.1) is 0 Å². The average Bonchev–Trinajstić information content (AvgIpc) is 2.99. The van der Waals surface area contributed by atoms with E-state index in [1.165, 1.54) is 5.69 Å². The van der Waals surface area contributed by atoms with Crippen LogP contribution in [0.3, 0.4) is 0 Å². The first-order valence-electron chi connectivity index (χ1n) is 7.96. The third-order valence-electron chi connectivity index (χ3n) is 4.37. The molecule has 0 bridgehead atoms. The lowest BCUT2D eigenvalue weighted by molar-refractivity contribution is 0.0740. The molecule has 0 radical (unpaired) electrons. The predicted octanol–water partition coefficient (Wildman–Crippen LogP) is 2.95. The van der Waals surface area contributed by atoms with Gasteiger partial charge in [-0.1, -0.05) is 35.9 Å². The van der Waals surface area contributed by atoms with Crippen LogP contribution < -0.4 is 4.90 Å². The number of amides is 1. The second-order valence-corrected chi connectivity index (χ2v) is 6.19. The summed E-state index contributed by atoms with van der Waals surface area (Å²) in [6.07, 6.45) is 1.80. The van der Waals surface area contributed by atoms with Gasteiger partial charge >= 0.3 is 0 Å². The average molecular weight is 341 g/mol. The van der Waals surface area contributed by atoms with Crippen LogP contribution in [0.4, 0.5) is 5.69 Å². The number of anilines is 1. The number of para-hydroxylation sites is 1. The van der Waals surface area contributed by atoms with E-state index in [-0.39, 0.29) is 5.91 Å². The van der Waals surface area contributed by atoms with Gasteiger partial charge in [-0.25, -0.2) is 4.52 Å². The van der Waals surface area contributed by atoms with Gasteiger partial charge in [-0.05, 0) is 24.3 Å². The van der Waals surface area contributed by atoms with Gasteiger partial charge in [-0.2, -0.15) is 5.10 Å². The second-order valence-electron chi connectivity index (χ2n) is 5.81. The molecule has 122 valence electrons. The Hall–Kier alpha value is -2.53. The van der Waals surface area contributed by atoms with Crippen molar-refractivity contribution in [3.8, 4) is 0 Å². The maximum atomic E-state index is 12.8. The van der Waals surface area contributed by atoms with Gasteiger partial charge in [0, 0.05) is 38.1 Å². The highest BCUT2D eigenvalue weighted by atomic mass is 35.5. The molecule has 3 heterocycles. The number of benzene rings is 1. The van der Waals surface area contributed by atoms with Gasteiger partial charge in [0.2, 0.25) is 0 Å². The Morgan fingerprint density at radius 3 is 2.38 bits per heavy atom. The lowest BCUT2D eigenvalue weighted by Crippen LogP contribution is -2.49. The summed E-state index contributed by atoms with van der Waals surface area (Å²) in [5, 5.41) is 4.77. The molecule has 0 saturated carbocycles. The molecule has 0 aliphatic carbocycles. The van der Waals surface area contributed by atoms with Crippen molar-refractivity contribution >= 4 is 28.7 Å². The fourth-order valence-corrected chi connectivity index (χ4v) is 3.33. The number of carbonyl (C=O) groups is 1. The van der Waals surface area contributed by atoms with E-state index < -0.39 is 0 Å². The first-order valence-corrected chi connectivity index (χ1v) is 8.34. The van der Waals surface area contributed by atoms with Gasteiger partial charge in [-0.3, -0.25) is 4.79 Å². The monoisotopic (exact) mass is 340 g/mol. The van der Waals surface area contributed by atoms with Gasteiger partial charge in [-0.15, -0.1) is 0 Å². The molecule has 24 heavy (non-hydrogen) atoms. The van der Waals surface area contributed by atoms with Crippen LogP contribution in [-0.2, 0) is 0 Å². The molecule has 4 rings (SSSR count). The minimum Gasteiger partial charge on any atom is -0.368 e. The standard InChI is InChI=1S/C18H17ClN4O/c19-16-15-8-4-5-9-23(15)20-17(16)18(24)22-12-10-21(11-13-22)14-6-2-1-3-7-14/h1-9H,10-13H2. The van der Waals surface area contributed by atoms with Crippen LogP contribution >= 0.6 is 11.6 Å². The Bertz CT molecular complexity index is 869. The van der Waals surface area contributed by atoms with Crippen molar-refractivity contribution in [3.05, 3.63) is 65.4 Å². The van der Waals surface area contributed by atoms with Crippen molar-refractivity contribution in [3.63, 3.8) is 0 Å². The third kappa shape index (κ3) is 2.61. The van der Waals surface area contributed by atoms with Crippen molar-refractivity contribution < 1.29 is 4.79 Å². The number of nitrogens with zero attached hydrogens (tertiary/aromatic N) is 4. The molecular formula is C18H17ClN4O. The normalized spacial score (nSPS) is 15.0. The summed E-state index contributed by atoms with van der Waals surface area (Å²) >= 11 is 6.35. The molecule has 2 aromatic heterocycles. The van der Waals surface area contributed by atoms with E-state index in [9.17, 15) is 4.79 Å². The van der Waals surface area contributed by atoms with Crippen molar-refractivity contribution in [2.75, 3.05) is 31.1 Å². The molecule has 3 aromatic rings. The SMILES string of the molecule is O=C(c1nn2ccccc2c1Cl)N1CCN(c2ccccc2)CC1. The Morgan fingerprint density at radius 1 is 0.958 bits per heavy atom. The van der Waals surface area contributed by atoms with Gasteiger partial charge in [0.25, 0.3) is 5.91 Å². The van der Waals surface area contributed by atoms with Crippen LogP contribution in [-0.4, -0.2) is 46.6 Å². The van der Waals surface area contributed by atoms with E-state index in [1.54, 1.807) is 10.7 Å². The molecule has 1 amide bonds. The third-order valence-corrected chi connectivity index (χ3v) is 4.74. The molecule has 0 spiro atoms. The van der Waals surface area contributed by atoms with E-state index in [0.717, 1.165) is 18.6 Å². The van der Waals surface area contributed by atoms with Crippen molar-refractivity contribution in [2.45, 2.75) is 0 Å². The summed E-state index contributed by atoms with van der Waals surface area (Å²) in [5.74, 6) is -0.101. The summed E-state index contributed by atoms with van der Waals surface area (Å²) in [5.41, 5.74) is 2.27. The number of aromatic nitrogens is 2. The van der Waals surface area contributed by atoms with Gasteiger partial charge in [0.05, 0.1) is 10.5 Å². The first-order chi connectivity index (χ1) is 11.7. The first kappa shape index (κ1) is 15.0. The van der Waals surface area contributed by atoms with Gasteiger partial charge in [0.1, 0.15) is 0 Å². The number of rotatable bonds is 2. The minimum absolute atomic E-state index is 0.101. The number of fused-ring (bicyclic) bond motifs is 1. The number of pyridine rings is 1. The molecule has 5 nitrogen and oxygen atoms in total. The van der Waals surface area contributed by atoms with Crippen LogP contribution in [0.5, 0.6) is 0 Å². The Labute approximate surface area is 145 Å². The molecule has 1 fully saturated rings. The lowest BCUT2D eigenvalue weighted by Gasteiger charge is -2.35. The van der Waals surface area contributed by atoms with Crippen molar-refractivity contribution in [1.82, 2.24) is 14.5 Å². The quantitative estimate of drug-likeness (QED) is 0.720. The Balaban J connectivity index is 1.51. The summed E-state index contributed by atoms with van der Waals surface area (Å²) in [7, 11) is 0. The highest BCUT2D eigenvalue weighted by Crippen LogP contribution is 2.24. The zero-order valence-corrected chi connectivity index (χ0v) is 13.9. The number of carbonyl (C=O) groups excluding carboxylic acids is 1. The summed E-state index contributed by atoms with van der Waals surface area (Å²) in [6, 6.07) is 15.9. The number of piperazine rings is 1. The molecule has 1 aliphatic heterocycles. The molecule has 0 unspecified atom stereocenters. The van der Waals surface area contributed by atoms with E-state index in [4.69, 9.17) is 11.6 Å². The lowest BCUT2D eigenvalue weighted by atomic mass is 10.2. The highest BCUT2D eigenvalue weighted by Gasteiger charge is 2.26.